The fourth-order valence-electron chi connectivity index (χ4n) is 3.57. The molecule has 10 heteroatoms. The van der Waals surface area contributed by atoms with Crippen molar-refractivity contribution in [1.82, 2.24) is 5.06 Å². The maximum absolute atomic E-state index is 12.6. The van der Waals surface area contributed by atoms with Crippen molar-refractivity contribution in [2.24, 2.45) is 5.16 Å². The minimum Gasteiger partial charge on any atom is -0.388 e. The number of carbonyl (C=O) groups is 1. The van der Waals surface area contributed by atoms with E-state index in [4.69, 9.17) is 21.3 Å². The van der Waals surface area contributed by atoms with Gasteiger partial charge < -0.3 is 9.68 Å². The van der Waals surface area contributed by atoms with E-state index in [1.807, 2.05) is 12.1 Å². The summed E-state index contributed by atoms with van der Waals surface area (Å²) in [5, 5.41) is 8.82. The van der Waals surface area contributed by atoms with Crippen molar-refractivity contribution in [2.75, 3.05) is 18.4 Å². The summed E-state index contributed by atoms with van der Waals surface area (Å²) in [6.07, 6.45) is -3.31. The molecule has 0 aliphatic carbocycles. The monoisotopic (exact) mass is 453 g/mol. The lowest BCUT2D eigenvalue weighted by atomic mass is 9.86. The van der Waals surface area contributed by atoms with Crippen LogP contribution >= 0.6 is 11.6 Å². The number of alkyl halides is 3. The van der Waals surface area contributed by atoms with Crippen molar-refractivity contribution < 1.29 is 27.6 Å². The average molecular weight is 454 g/mol. The molecule has 1 fully saturated rings. The van der Waals surface area contributed by atoms with Crippen LogP contribution in [0.2, 0.25) is 5.02 Å². The first-order valence-electron chi connectivity index (χ1n) is 9.65. The number of amides is 1. The van der Waals surface area contributed by atoms with Crippen LogP contribution < -0.4 is 5.32 Å². The number of nitrogens with zero attached hydrogens (tertiary/aromatic N) is 2. The fourth-order valence-corrected chi connectivity index (χ4v) is 3.70. The minimum atomic E-state index is -4.43. The smallest absolute Gasteiger partial charge is 0.388 e. The number of anilines is 1. The van der Waals surface area contributed by atoms with Crippen LogP contribution in [0.3, 0.4) is 0 Å². The van der Waals surface area contributed by atoms with Crippen LogP contribution in [0.4, 0.5) is 23.7 Å². The molecule has 0 saturated carbocycles. The quantitative estimate of drug-likeness (QED) is 0.668. The molecule has 1 spiro atoms. The summed E-state index contributed by atoms with van der Waals surface area (Å²) < 4.78 is 37.8. The molecule has 164 valence electrons. The molecule has 4 rings (SSSR count). The fraction of sp³-hybridized carbons (Fsp3) is 0.333. The molecular formula is C21H19ClF3N3O3. The van der Waals surface area contributed by atoms with Gasteiger partial charge in [-0.3, -0.25) is 5.32 Å². The van der Waals surface area contributed by atoms with Crippen molar-refractivity contribution in [3.63, 3.8) is 0 Å². The molecule has 0 bridgehead atoms. The number of halogens is 4. The Morgan fingerprint density at radius 2 is 1.74 bits per heavy atom. The third-order valence-corrected chi connectivity index (χ3v) is 5.57. The zero-order valence-electron chi connectivity index (χ0n) is 16.3. The summed E-state index contributed by atoms with van der Waals surface area (Å²) in [6.45, 7) is 0.897. The van der Waals surface area contributed by atoms with E-state index in [0.717, 1.165) is 23.4 Å². The number of rotatable bonds is 3. The third-order valence-electron chi connectivity index (χ3n) is 5.32. The maximum Gasteiger partial charge on any atom is 0.430 e. The van der Waals surface area contributed by atoms with Gasteiger partial charge in [0.05, 0.1) is 11.3 Å². The van der Waals surface area contributed by atoms with E-state index < -0.39 is 23.4 Å². The van der Waals surface area contributed by atoms with Gasteiger partial charge in [0.25, 0.3) is 0 Å². The number of piperidine rings is 1. The highest BCUT2D eigenvalue weighted by atomic mass is 35.5. The molecule has 2 aliphatic rings. The molecule has 0 unspecified atom stereocenters. The summed E-state index contributed by atoms with van der Waals surface area (Å²) in [5.41, 5.74) is 0.803. The van der Waals surface area contributed by atoms with Gasteiger partial charge in [0.1, 0.15) is 5.60 Å². The van der Waals surface area contributed by atoms with Crippen LogP contribution in [0.15, 0.2) is 53.7 Å². The SMILES string of the molecule is O=C(Nc1ccc(C(F)(F)F)cc1)ON1CCC2(CC1)CC(c1ccc(Cl)cc1)=NO2. The van der Waals surface area contributed by atoms with Gasteiger partial charge in [0, 0.05) is 43.1 Å². The summed E-state index contributed by atoms with van der Waals surface area (Å²) >= 11 is 5.93. The van der Waals surface area contributed by atoms with Gasteiger partial charge in [-0.25, -0.2) is 4.79 Å². The number of benzene rings is 2. The van der Waals surface area contributed by atoms with Gasteiger partial charge >= 0.3 is 12.3 Å². The first-order chi connectivity index (χ1) is 14.7. The molecule has 1 amide bonds. The van der Waals surface area contributed by atoms with Gasteiger partial charge in [-0.05, 0) is 42.0 Å². The van der Waals surface area contributed by atoms with Crippen molar-refractivity contribution in [2.45, 2.75) is 31.0 Å². The van der Waals surface area contributed by atoms with E-state index in [2.05, 4.69) is 10.5 Å². The Morgan fingerprint density at radius 1 is 1.10 bits per heavy atom. The van der Waals surface area contributed by atoms with E-state index in [-0.39, 0.29) is 5.69 Å². The molecule has 2 aromatic carbocycles. The Morgan fingerprint density at radius 3 is 2.35 bits per heavy atom. The zero-order valence-corrected chi connectivity index (χ0v) is 17.0. The van der Waals surface area contributed by atoms with Gasteiger partial charge in [0.15, 0.2) is 0 Å². The standard InChI is InChI=1S/C21H19ClF3N3O3/c22-16-5-1-14(2-6-16)18-13-20(31-27-18)9-11-28(12-10-20)30-19(29)26-17-7-3-15(4-8-17)21(23,24)25/h1-8H,9-13H2,(H,26,29). The van der Waals surface area contributed by atoms with Crippen LogP contribution in [0.5, 0.6) is 0 Å². The Hall–Kier alpha value is -2.78. The number of hydrogen-bond donors (Lipinski definition) is 1. The number of carbonyl (C=O) groups excluding carboxylic acids is 1. The van der Waals surface area contributed by atoms with E-state index in [9.17, 15) is 18.0 Å². The Labute approximate surface area is 181 Å². The van der Waals surface area contributed by atoms with Gasteiger partial charge in [-0.1, -0.05) is 28.9 Å². The third kappa shape index (κ3) is 5.11. The molecule has 2 aliphatic heterocycles. The second kappa shape index (κ2) is 8.39. The van der Waals surface area contributed by atoms with E-state index in [1.54, 1.807) is 12.1 Å². The van der Waals surface area contributed by atoms with Crippen LogP contribution in [-0.2, 0) is 15.9 Å². The molecule has 2 aromatic rings. The molecule has 1 saturated heterocycles. The molecular weight excluding hydrogens is 435 g/mol. The number of oxime groups is 1. The maximum atomic E-state index is 12.6. The summed E-state index contributed by atoms with van der Waals surface area (Å²) in [7, 11) is 0. The predicted octanol–water partition coefficient (Wildman–Crippen LogP) is 5.48. The van der Waals surface area contributed by atoms with E-state index in [0.29, 0.717) is 37.4 Å². The Kier molecular flexibility index (Phi) is 5.81. The van der Waals surface area contributed by atoms with Crippen molar-refractivity contribution in [3.05, 3.63) is 64.7 Å². The topological polar surface area (TPSA) is 63.2 Å². The second-order valence-corrected chi connectivity index (χ2v) is 7.94. The first kappa shape index (κ1) is 21.5. The normalized spacial score (nSPS) is 18.4. The number of nitrogens with one attached hydrogen (secondary N) is 1. The lowest BCUT2D eigenvalue weighted by Gasteiger charge is -2.35. The minimum absolute atomic E-state index is 0.214. The Bertz CT molecular complexity index is 970. The molecule has 31 heavy (non-hydrogen) atoms. The summed E-state index contributed by atoms with van der Waals surface area (Å²) in [5.74, 6) is 0. The van der Waals surface area contributed by atoms with Crippen LogP contribution in [0, 0.1) is 0 Å². The number of hydroxylamine groups is 2. The largest absolute Gasteiger partial charge is 0.430 e. The lowest BCUT2D eigenvalue weighted by molar-refractivity contribution is -0.154. The lowest BCUT2D eigenvalue weighted by Crippen LogP contribution is -2.45. The highest BCUT2D eigenvalue weighted by Gasteiger charge is 2.43. The molecule has 2 heterocycles. The van der Waals surface area contributed by atoms with Crippen molar-refractivity contribution in [3.8, 4) is 0 Å². The Balaban J connectivity index is 1.26. The predicted molar refractivity (Wildman–Crippen MR) is 109 cm³/mol. The van der Waals surface area contributed by atoms with Crippen LogP contribution in [0.1, 0.15) is 30.4 Å². The zero-order chi connectivity index (χ0) is 22.1. The van der Waals surface area contributed by atoms with Gasteiger partial charge in [0.2, 0.25) is 0 Å². The molecule has 0 aromatic heterocycles. The first-order valence-corrected chi connectivity index (χ1v) is 10.0. The molecule has 0 atom stereocenters. The van der Waals surface area contributed by atoms with Crippen molar-refractivity contribution in [1.29, 1.82) is 0 Å². The van der Waals surface area contributed by atoms with Gasteiger partial charge in [-0.15, -0.1) is 5.06 Å². The van der Waals surface area contributed by atoms with Gasteiger partial charge in [-0.2, -0.15) is 13.2 Å². The second-order valence-electron chi connectivity index (χ2n) is 7.50. The molecule has 6 nitrogen and oxygen atoms in total. The van der Waals surface area contributed by atoms with E-state index >= 15 is 0 Å². The van der Waals surface area contributed by atoms with Crippen LogP contribution in [-0.4, -0.2) is 35.6 Å². The van der Waals surface area contributed by atoms with E-state index in [1.165, 1.54) is 17.2 Å². The number of hydrogen-bond acceptors (Lipinski definition) is 5. The van der Waals surface area contributed by atoms with Crippen LogP contribution in [0.25, 0.3) is 0 Å². The highest BCUT2D eigenvalue weighted by Crippen LogP contribution is 2.36. The summed E-state index contributed by atoms with van der Waals surface area (Å²) in [6, 6.07) is 11.5. The molecule has 1 N–H and O–H groups in total. The average Bonchev–Trinajstić information content (AvgIpc) is 3.14. The summed E-state index contributed by atoms with van der Waals surface area (Å²) in [4.78, 5) is 23.1. The van der Waals surface area contributed by atoms with Crippen molar-refractivity contribution >= 4 is 29.1 Å². The highest BCUT2D eigenvalue weighted by molar-refractivity contribution is 6.30. The molecule has 0 radical (unpaired) electrons.